The molecule has 1 heterocycles. The van der Waals surface area contributed by atoms with E-state index in [1.807, 2.05) is 0 Å². The summed E-state index contributed by atoms with van der Waals surface area (Å²) >= 11 is 0. The summed E-state index contributed by atoms with van der Waals surface area (Å²) in [6.07, 6.45) is 7.47. The lowest BCUT2D eigenvalue weighted by Gasteiger charge is -2.38. The highest BCUT2D eigenvalue weighted by Gasteiger charge is 2.28. The molecule has 0 radical (unpaired) electrons. The van der Waals surface area contributed by atoms with Gasteiger partial charge >= 0.3 is 0 Å². The minimum absolute atomic E-state index is 0.377. The van der Waals surface area contributed by atoms with Crippen LogP contribution < -0.4 is 11.3 Å². The fourth-order valence-corrected chi connectivity index (χ4v) is 3.06. The molecule has 5 heteroatoms. The molecule has 0 bridgehead atoms. The van der Waals surface area contributed by atoms with Crippen molar-refractivity contribution in [3.63, 3.8) is 0 Å². The Kier molecular flexibility index (Phi) is 4.83. The minimum Gasteiger partial charge on any atom is -0.381 e. The second-order valence-electron chi connectivity index (χ2n) is 5.46. The molecular formula is C13H26N4O. The number of aliphatic imine (C=N–C) groups is 1. The first kappa shape index (κ1) is 13.6. The van der Waals surface area contributed by atoms with Crippen molar-refractivity contribution in [1.29, 1.82) is 0 Å². The van der Waals surface area contributed by atoms with Crippen LogP contribution in [0.2, 0.25) is 0 Å². The molecule has 0 aromatic heterocycles. The van der Waals surface area contributed by atoms with E-state index in [0.29, 0.717) is 18.2 Å². The zero-order chi connectivity index (χ0) is 13.0. The number of hydrogen-bond acceptors (Lipinski definition) is 3. The summed E-state index contributed by atoms with van der Waals surface area (Å²) in [5, 5.41) is 0. The Balaban J connectivity index is 1.99. The number of guanidine groups is 1. The van der Waals surface area contributed by atoms with Gasteiger partial charge in [-0.25, -0.2) is 10.8 Å². The average Bonchev–Trinajstić information content (AvgIpc) is 2.89. The minimum atomic E-state index is 0.377. The molecular weight excluding hydrogens is 228 g/mol. The molecule has 0 spiro atoms. The Hall–Kier alpha value is -0.810. The molecule has 3 N–H and O–H groups in total. The molecule has 18 heavy (non-hydrogen) atoms. The normalized spacial score (nSPS) is 30.8. The van der Waals surface area contributed by atoms with Gasteiger partial charge in [-0.15, -0.1) is 0 Å². The van der Waals surface area contributed by atoms with Crippen LogP contribution in [-0.2, 0) is 4.74 Å². The number of nitrogens with one attached hydrogen (secondary N) is 1. The van der Waals surface area contributed by atoms with Crippen molar-refractivity contribution in [2.24, 2.45) is 10.8 Å². The Labute approximate surface area is 110 Å². The number of likely N-dealkylation sites (tertiary alicyclic amines) is 1. The van der Waals surface area contributed by atoms with E-state index in [2.05, 4.69) is 17.2 Å². The van der Waals surface area contributed by atoms with Gasteiger partial charge in [0.15, 0.2) is 0 Å². The van der Waals surface area contributed by atoms with Crippen molar-refractivity contribution in [2.45, 2.75) is 63.6 Å². The molecule has 2 aliphatic rings. The molecule has 0 aromatic rings. The quantitative estimate of drug-likeness (QED) is 0.337. The smallest absolute Gasteiger partial charge is 0.208 e. The van der Waals surface area contributed by atoms with E-state index in [0.717, 1.165) is 25.3 Å². The molecule has 0 aromatic carbocycles. The van der Waals surface area contributed by atoms with E-state index in [9.17, 15) is 0 Å². The van der Waals surface area contributed by atoms with E-state index in [4.69, 9.17) is 15.6 Å². The molecule has 1 saturated heterocycles. The predicted octanol–water partition coefficient (Wildman–Crippen LogP) is 1.25. The maximum Gasteiger partial charge on any atom is 0.208 e. The number of hydrazine groups is 1. The van der Waals surface area contributed by atoms with Crippen molar-refractivity contribution in [1.82, 2.24) is 10.3 Å². The van der Waals surface area contributed by atoms with Crippen LogP contribution in [0.15, 0.2) is 4.99 Å². The lowest BCUT2D eigenvalue weighted by Crippen LogP contribution is -2.53. The van der Waals surface area contributed by atoms with Crippen LogP contribution in [0.25, 0.3) is 0 Å². The van der Waals surface area contributed by atoms with Gasteiger partial charge in [-0.3, -0.25) is 5.43 Å². The van der Waals surface area contributed by atoms with E-state index >= 15 is 0 Å². The van der Waals surface area contributed by atoms with Crippen molar-refractivity contribution in [2.75, 3.05) is 13.7 Å². The van der Waals surface area contributed by atoms with Crippen molar-refractivity contribution in [3.8, 4) is 0 Å². The van der Waals surface area contributed by atoms with Gasteiger partial charge in [0, 0.05) is 19.7 Å². The molecule has 1 aliphatic heterocycles. The van der Waals surface area contributed by atoms with Crippen LogP contribution in [0.5, 0.6) is 0 Å². The number of piperidine rings is 1. The summed E-state index contributed by atoms with van der Waals surface area (Å²) in [7, 11) is 1.79. The summed E-state index contributed by atoms with van der Waals surface area (Å²) in [5.74, 6) is 6.52. The van der Waals surface area contributed by atoms with Gasteiger partial charge in [-0.2, -0.15) is 0 Å². The summed E-state index contributed by atoms with van der Waals surface area (Å²) < 4.78 is 5.44. The zero-order valence-corrected chi connectivity index (χ0v) is 11.6. The number of methoxy groups -OCH3 is 1. The summed E-state index contributed by atoms with van der Waals surface area (Å²) in [6.45, 7) is 3.18. The van der Waals surface area contributed by atoms with Crippen LogP contribution >= 0.6 is 0 Å². The van der Waals surface area contributed by atoms with Crippen LogP contribution in [0, 0.1) is 0 Å². The third kappa shape index (κ3) is 3.14. The van der Waals surface area contributed by atoms with Crippen LogP contribution in [-0.4, -0.2) is 42.7 Å². The molecule has 2 rings (SSSR count). The highest BCUT2D eigenvalue weighted by atomic mass is 16.5. The zero-order valence-electron chi connectivity index (χ0n) is 11.6. The van der Waals surface area contributed by atoms with Gasteiger partial charge in [0.2, 0.25) is 5.96 Å². The molecule has 1 saturated carbocycles. The van der Waals surface area contributed by atoms with Crippen molar-refractivity contribution in [3.05, 3.63) is 0 Å². The highest BCUT2D eigenvalue weighted by Crippen LogP contribution is 2.23. The van der Waals surface area contributed by atoms with Crippen molar-refractivity contribution >= 4 is 5.96 Å². The van der Waals surface area contributed by atoms with Gasteiger partial charge in [0.25, 0.3) is 0 Å². The molecule has 2 atom stereocenters. The highest BCUT2D eigenvalue weighted by molar-refractivity contribution is 5.80. The molecule has 0 amide bonds. The number of nitrogens with two attached hydrogens (primary N) is 1. The monoisotopic (exact) mass is 254 g/mol. The second kappa shape index (κ2) is 6.38. The first-order valence-electron chi connectivity index (χ1n) is 7.08. The largest absolute Gasteiger partial charge is 0.381 e. The van der Waals surface area contributed by atoms with E-state index in [1.165, 1.54) is 25.7 Å². The average molecular weight is 254 g/mol. The summed E-state index contributed by atoms with van der Waals surface area (Å²) in [4.78, 5) is 7.07. The van der Waals surface area contributed by atoms with Crippen LogP contribution in [0.3, 0.4) is 0 Å². The molecule has 2 unspecified atom stereocenters. The van der Waals surface area contributed by atoms with Crippen LogP contribution in [0.4, 0.5) is 0 Å². The van der Waals surface area contributed by atoms with Gasteiger partial charge in [0.1, 0.15) is 0 Å². The fraction of sp³-hybridized carbons (Fsp3) is 0.923. The fourth-order valence-electron chi connectivity index (χ4n) is 3.06. The maximum atomic E-state index is 5.66. The second-order valence-corrected chi connectivity index (χ2v) is 5.46. The van der Waals surface area contributed by atoms with Gasteiger partial charge in [0.05, 0.1) is 12.1 Å². The lowest BCUT2D eigenvalue weighted by atomic mass is 10.0. The van der Waals surface area contributed by atoms with Gasteiger partial charge in [-0.05, 0) is 32.6 Å². The molecule has 2 fully saturated rings. The third-order valence-corrected chi connectivity index (χ3v) is 4.19. The topological polar surface area (TPSA) is 62.9 Å². The molecule has 1 aliphatic carbocycles. The Morgan fingerprint density at radius 3 is 2.61 bits per heavy atom. The number of rotatable bonds is 2. The number of ether oxygens (including phenoxy) is 1. The molecule has 5 nitrogen and oxygen atoms in total. The summed E-state index contributed by atoms with van der Waals surface area (Å²) in [6, 6.07) is 0.892. The van der Waals surface area contributed by atoms with Crippen molar-refractivity contribution < 1.29 is 4.74 Å². The standard InChI is InChI=1S/C13H26N4O/c1-10-9-12(18-2)7-8-17(10)13(16-14)15-11-5-3-4-6-11/h10-12H,3-9,14H2,1-2H3,(H,15,16). The predicted molar refractivity (Wildman–Crippen MR) is 73.2 cm³/mol. The summed E-state index contributed by atoms with van der Waals surface area (Å²) in [5.41, 5.74) is 2.80. The Morgan fingerprint density at radius 2 is 2.06 bits per heavy atom. The Bertz CT molecular complexity index is 289. The number of hydrogen-bond donors (Lipinski definition) is 2. The van der Waals surface area contributed by atoms with Gasteiger partial charge < -0.3 is 9.64 Å². The SMILES string of the molecule is COC1CCN(C(=NC2CCCC2)NN)C(C)C1. The van der Waals surface area contributed by atoms with E-state index < -0.39 is 0 Å². The Morgan fingerprint density at radius 1 is 1.33 bits per heavy atom. The lowest BCUT2D eigenvalue weighted by molar-refractivity contribution is 0.0374. The number of nitrogens with zero attached hydrogens (tertiary/aromatic N) is 2. The van der Waals surface area contributed by atoms with Gasteiger partial charge in [-0.1, -0.05) is 12.8 Å². The van der Waals surface area contributed by atoms with E-state index in [-0.39, 0.29) is 0 Å². The molecule has 104 valence electrons. The first-order chi connectivity index (χ1) is 8.74. The van der Waals surface area contributed by atoms with E-state index in [1.54, 1.807) is 7.11 Å². The van der Waals surface area contributed by atoms with Crippen LogP contribution in [0.1, 0.15) is 45.4 Å². The maximum absolute atomic E-state index is 5.66. The first-order valence-corrected chi connectivity index (χ1v) is 7.08. The third-order valence-electron chi connectivity index (χ3n) is 4.19.